The minimum absolute atomic E-state index is 0.0904. The highest BCUT2D eigenvalue weighted by Gasteiger charge is 2.16. The van der Waals surface area contributed by atoms with Gasteiger partial charge < -0.3 is 15.9 Å². The van der Waals surface area contributed by atoms with Crippen LogP contribution >= 0.6 is 11.3 Å². The minimum atomic E-state index is -1.05. The SMILES string of the molecule is Nc1c(C(=O)O)sc2nc(CO)ccc12. The van der Waals surface area contributed by atoms with Crippen molar-refractivity contribution < 1.29 is 15.0 Å². The first-order valence-corrected chi connectivity index (χ1v) is 4.97. The molecule has 2 heterocycles. The molecule has 0 saturated carbocycles. The normalized spacial score (nSPS) is 10.7. The molecule has 0 aliphatic rings. The summed E-state index contributed by atoms with van der Waals surface area (Å²) < 4.78 is 0. The van der Waals surface area contributed by atoms with Crippen molar-refractivity contribution in [1.29, 1.82) is 0 Å². The number of hydrogen-bond donors (Lipinski definition) is 3. The lowest BCUT2D eigenvalue weighted by molar-refractivity contribution is 0.0703. The van der Waals surface area contributed by atoms with Gasteiger partial charge in [-0.05, 0) is 12.1 Å². The van der Waals surface area contributed by atoms with Crippen molar-refractivity contribution in [2.75, 3.05) is 5.73 Å². The van der Waals surface area contributed by atoms with Crippen molar-refractivity contribution in [2.45, 2.75) is 6.61 Å². The molecular formula is C9H8N2O3S. The van der Waals surface area contributed by atoms with Crippen LogP contribution in [0.1, 0.15) is 15.4 Å². The number of fused-ring (bicyclic) bond motifs is 1. The molecule has 15 heavy (non-hydrogen) atoms. The summed E-state index contributed by atoms with van der Waals surface area (Å²) in [6.45, 7) is -0.170. The Morgan fingerprint density at radius 2 is 2.27 bits per heavy atom. The Bertz CT molecular complexity index is 535. The summed E-state index contributed by atoms with van der Waals surface area (Å²) in [5, 5.41) is 18.3. The van der Waals surface area contributed by atoms with E-state index in [1.807, 2.05) is 0 Å². The van der Waals surface area contributed by atoms with Gasteiger partial charge >= 0.3 is 5.97 Å². The molecule has 0 saturated heterocycles. The summed E-state index contributed by atoms with van der Waals surface area (Å²) in [5.41, 5.74) is 6.39. The lowest BCUT2D eigenvalue weighted by atomic mass is 10.2. The van der Waals surface area contributed by atoms with E-state index in [0.29, 0.717) is 15.9 Å². The van der Waals surface area contributed by atoms with Crippen LogP contribution in [0.3, 0.4) is 0 Å². The van der Waals surface area contributed by atoms with E-state index in [0.717, 1.165) is 11.3 Å². The first-order chi connectivity index (χ1) is 7.13. The zero-order chi connectivity index (χ0) is 11.0. The molecule has 0 unspecified atom stereocenters. The Morgan fingerprint density at radius 1 is 1.53 bits per heavy atom. The van der Waals surface area contributed by atoms with E-state index in [9.17, 15) is 4.79 Å². The van der Waals surface area contributed by atoms with Gasteiger partial charge in [0.15, 0.2) is 0 Å². The van der Waals surface area contributed by atoms with Crippen LogP contribution in [0.2, 0.25) is 0 Å². The summed E-state index contributed by atoms with van der Waals surface area (Å²) in [4.78, 5) is 15.5. The number of rotatable bonds is 2. The zero-order valence-electron chi connectivity index (χ0n) is 7.60. The lowest BCUT2D eigenvalue weighted by Crippen LogP contribution is -1.97. The van der Waals surface area contributed by atoms with Crippen LogP contribution in [-0.4, -0.2) is 21.2 Å². The molecule has 0 spiro atoms. The number of carbonyl (C=O) groups is 1. The Balaban J connectivity index is 2.70. The summed E-state index contributed by atoms with van der Waals surface area (Å²) >= 11 is 1.01. The van der Waals surface area contributed by atoms with E-state index < -0.39 is 5.97 Å². The van der Waals surface area contributed by atoms with E-state index in [1.165, 1.54) is 0 Å². The first-order valence-electron chi connectivity index (χ1n) is 4.15. The number of nitrogens with zero attached hydrogens (tertiary/aromatic N) is 1. The molecule has 0 aliphatic carbocycles. The molecule has 2 rings (SSSR count). The van der Waals surface area contributed by atoms with Gasteiger partial charge in [0, 0.05) is 5.39 Å². The quantitative estimate of drug-likeness (QED) is 0.709. The molecular weight excluding hydrogens is 216 g/mol. The zero-order valence-corrected chi connectivity index (χ0v) is 8.41. The maximum atomic E-state index is 10.8. The molecule has 5 nitrogen and oxygen atoms in total. The van der Waals surface area contributed by atoms with Gasteiger partial charge in [0.05, 0.1) is 18.0 Å². The minimum Gasteiger partial charge on any atom is -0.477 e. The number of thiophene rings is 1. The van der Waals surface area contributed by atoms with E-state index in [1.54, 1.807) is 12.1 Å². The molecule has 2 aromatic heterocycles. The van der Waals surface area contributed by atoms with Crippen molar-refractivity contribution in [3.63, 3.8) is 0 Å². The number of carboxylic acid groups (broad SMARTS) is 1. The lowest BCUT2D eigenvalue weighted by Gasteiger charge is -1.94. The van der Waals surface area contributed by atoms with Crippen molar-refractivity contribution in [3.05, 3.63) is 22.7 Å². The van der Waals surface area contributed by atoms with Crippen molar-refractivity contribution >= 4 is 33.2 Å². The fourth-order valence-electron chi connectivity index (χ4n) is 1.28. The van der Waals surface area contributed by atoms with Crippen LogP contribution in [0, 0.1) is 0 Å². The molecule has 0 fully saturated rings. The number of nitrogens with two attached hydrogens (primary N) is 1. The van der Waals surface area contributed by atoms with E-state index in [4.69, 9.17) is 15.9 Å². The van der Waals surface area contributed by atoms with Gasteiger partial charge in [-0.2, -0.15) is 0 Å². The van der Waals surface area contributed by atoms with Crippen molar-refractivity contribution in [2.24, 2.45) is 0 Å². The van der Waals surface area contributed by atoms with Crippen LogP contribution in [0.5, 0.6) is 0 Å². The van der Waals surface area contributed by atoms with Crippen LogP contribution in [-0.2, 0) is 6.61 Å². The molecule has 0 atom stereocenters. The first kappa shape index (κ1) is 9.88. The number of nitrogen functional groups attached to an aromatic ring is 1. The van der Waals surface area contributed by atoms with Crippen LogP contribution in [0.15, 0.2) is 12.1 Å². The molecule has 4 N–H and O–H groups in total. The van der Waals surface area contributed by atoms with Gasteiger partial charge in [-0.25, -0.2) is 9.78 Å². The maximum absolute atomic E-state index is 10.8. The summed E-state index contributed by atoms with van der Waals surface area (Å²) in [7, 11) is 0. The smallest absolute Gasteiger partial charge is 0.348 e. The molecule has 0 aliphatic heterocycles. The molecule has 6 heteroatoms. The average Bonchev–Trinajstić information content (AvgIpc) is 2.55. The highest BCUT2D eigenvalue weighted by molar-refractivity contribution is 7.21. The number of anilines is 1. The fraction of sp³-hybridized carbons (Fsp3) is 0.111. The number of aromatic carboxylic acids is 1. The second kappa shape index (κ2) is 3.48. The van der Waals surface area contributed by atoms with Crippen LogP contribution in [0.4, 0.5) is 5.69 Å². The summed E-state index contributed by atoms with van der Waals surface area (Å²) in [6, 6.07) is 3.29. The number of pyridine rings is 1. The van der Waals surface area contributed by atoms with Crippen LogP contribution < -0.4 is 5.73 Å². The van der Waals surface area contributed by atoms with E-state index in [2.05, 4.69) is 4.98 Å². The van der Waals surface area contributed by atoms with Crippen molar-refractivity contribution in [1.82, 2.24) is 4.98 Å². The van der Waals surface area contributed by atoms with Gasteiger partial charge in [0.1, 0.15) is 9.71 Å². The van der Waals surface area contributed by atoms with E-state index >= 15 is 0 Å². The predicted octanol–water partition coefficient (Wildman–Crippen LogP) is 1.07. The molecule has 0 radical (unpaired) electrons. The Morgan fingerprint density at radius 3 is 2.87 bits per heavy atom. The third-order valence-corrected chi connectivity index (χ3v) is 3.11. The molecule has 0 amide bonds. The number of carboxylic acids is 1. The largest absolute Gasteiger partial charge is 0.477 e. The fourth-order valence-corrected chi connectivity index (χ4v) is 2.23. The number of aliphatic hydroxyl groups is 1. The van der Waals surface area contributed by atoms with Gasteiger partial charge in [0.25, 0.3) is 0 Å². The molecule has 0 aromatic carbocycles. The molecule has 2 aromatic rings. The maximum Gasteiger partial charge on any atom is 0.348 e. The topological polar surface area (TPSA) is 96.4 Å². The van der Waals surface area contributed by atoms with Gasteiger partial charge in [0.2, 0.25) is 0 Å². The van der Waals surface area contributed by atoms with Crippen molar-refractivity contribution in [3.8, 4) is 0 Å². The third-order valence-electron chi connectivity index (χ3n) is 2.01. The highest BCUT2D eigenvalue weighted by atomic mass is 32.1. The highest BCUT2D eigenvalue weighted by Crippen LogP contribution is 2.32. The standard InChI is InChI=1S/C9H8N2O3S/c10-6-5-2-1-4(3-12)11-8(5)15-7(6)9(13)14/h1-2,12H,3,10H2,(H,13,14). The van der Waals surface area contributed by atoms with Gasteiger partial charge in [-0.15, -0.1) is 11.3 Å². The second-order valence-electron chi connectivity index (χ2n) is 2.96. The average molecular weight is 224 g/mol. The molecule has 78 valence electrons. The number of aliphatic hydroxyl groups excluding tert-OH is 1. The predicted molar refractivity (Wildman–Crippen MR) is 56.9 cm³/mol. The second-order valence-corrected chi connectivity index (χ2v) is 3.96. The number of hydrogen-bond acceptors (Lipinski definition) is 5. The van der Waals surface area contributed by atoms with Gasteiger partial charge in [-0.1, -0.05) is 0 Å². The number of aromatic nitrogens is 1. The van der Waals surface area contributed by atoms with Crippen LogP contribution in [0.25, 0.3) is 10.2 Å². The Hall–Kier alpha value is -1.66. The monoisotopic (exact) mass is 224 g/mol. The summed E-state index contributed by atoms with van der Waals surface area (Å²) in [6.07, 6.45) is 0. The van der Waals surface area contributed by atoms with E-state index in [-0.39, 0.29) is 17.2 Å². The molecule has 0 bridgehead atoms. The third kappa shape index (κ3) is 1.53. The Labute approximate surface area is 88.8 Å². The summed E-state index contributed by atoms with van der Waals surface area (Å²) in [5.74, 6) is -1.05. The van der Waals surface area contributed by atoms with Gasteiger partial charge in [-0.3, -0.25) is 0 Å². The Kier molecular flexibility index (Phi) is 2.29.